The van der Waals surface area contributed by atoms with E-state index in [0.29, 0.717) is 0 Å². The number of hydrogen-bond donors (Lipinski definition) is 2. The Kier molecular flexibility index (Phi) is 5.23. The molecular weight excluding hydrogens is 304 g/mol. The average Bonchev–Trinajstić information content (AvgIpc) is 3.04. The highest BCUT2D eigenvalue weighted by atomic mass is 16.2. The number of rotatable bonds is 3. The predicted octanol–water partition coefficient (Wildman–Crippen LogP) is 1.58. The Labute approximate surface area is 143 Å². The van der Waals surface area contributed by atoms with Gasteiger partial charge in [-0.3, -0.25) is 4.79 Å². The molecule has 2 fully saturated rings. The zero-order chi connectivity index (χ0) is 16.9. The van der Waals surface area contributed by atoms with Gasteiger partial charge in [0.05, 0.1) is 0 Å². The van der Waals surface area contributed by atoms with E-state index in [1.54, 1.807) is 6.92 Å². The number of likely N-dealkylation sites (tertiary alicyclic amines) is 1. The van der Waals surface area contributed by atoms with Gasteiger partial charge >= 0.3 is 6.03 Å². The summed E-state index contributed by atoms with van der Waals surface area (Å²) in [6, 6.07) is 10.6. The van der Waals surface area contributed by atoms with Crippen molar-refractivity contribution in [3.05, 3.63) is 30.3 Å². The topological polar surface area (TPSA) is 64.7 Å². The zero-order valence-corrected chi connectivity index (χ0v) is 14.2. The van der Waals surface area contributed by atoms with Crippen molar-refractivity contribution in [1.29, 1.82) is 0 Å². The molecule has 6 nitrogen and oxygen atoms in total. The molecule has 130 valence electrons. The first-order valence-corrected chi connectivity index (χ1v) is 8.74. The lowest BCUT2D eigenvalue weighted by atomic mass is 10.1. The number of para-hydroxylation sites is 1. The number of urea groups is 1. The first kappa shape index (κ1) is 16.6. The van der Waals surface area contributed by atoms with Crippen LogP contribution in [0.15, 0.2) is 30.3 Å². The summed E-state index contributed by atoms with van der Waals surface area (Å²) in [5, 5.41) is 6.14. The smallest absolute Gasteiger partial charge is 0.315 e. The van der Waals surface area contributed by atoms with Gasteiger partial charge in [-0.05, 0) is 31.4 Å². The van der Waals surface area contributed by atoms with Crippen molar-refractivity contribution in [2.24, 2.45) is 0 Å². The molecule has 2 aliphatic heterocycles. The van der Waals surface area contributed by atoms with Gasteiger partial charge in [-0.1, -0.05) is 18.2 Å². The fourth-order valence-corrected chi connectivity index (χ4v) is 3.50. The summed E-state index contributed by atoms with van der Waals surface area (Å²) in [6.45, 7) is 4.86. The Hall–Kier alpha value is -2.24. The van der Waals surface area contributed by atoms with E-state index in [1.807, 2.05) is 23.1 Å². The molecule has 3 amide bonds. The quantitative estimate of drug-likeness (QED) is 0.884. The first-order valence-electron chi connectivity index (χ1n) is 8.74. The lowest BCUT2D eigenvalue weighted by Gasteiger charge is -2.32. The first-order chi connectivity index (χ1) is 11.6. The molecule has 2 aliphatic rings. The lowest BCUT2D eigenvalue weighted by Crippen LogP contribution is -2.51. The van der Waals surface area contributed by atoms with Gasteiger partial charge in [0.1, 0.15) is 0 Å². The van der Waals surface area contributed by atoms with Crippen molar-refractivity contribution in [3.8, 4) is 0 Å². The second-order valence-electron chi connectivity index (χ2n) is 6.67. The normalized spacial score (nSPS) is 21.6. The molecule has 0 aromatic heterocycles. The molecule has 3 rings (SSSR count). The van der Waals surface area contributed by atoms with Gasteiger partial charge in [-0.15, -0.1) is 0 Å². The number of benzene rings is 1. The number of nitrogens with one attached hydrogen (secondary N) is 2. The summed E-state index contributed by atoms with van der Waals surface area (Å²) in [5.41, 5.74) is 1.21. The standard InChI is InChI=1S/C18H26N4O2/c1-14(23)21-10-7-15(8-11-21)19-18(24)20-16-9-12-22(13-16)17-5-3-2-4-6-17/h2-6,15-16H,7-13H2,1H3,(H2,19,20,24)/t16-/m0/s1. The fourth-order valence-electron chi connectivity index (χ4n) is 3.50. The number of nitrogens with zero attached hydrogens (tertiary/aromatic N) is 2. The van der Waals surface area contributed by atoms with Crippen LogP contribution in [0.4, 0.5) is 10.5 Å². The van der Waals surface area contributed by atoms with Gasteiger partial charge in [0, 0.05) is 50.9 Å². The predicted molar refractivity (Wildman–Crippen MR) is 94.0 cm³/mol. The van der Waals surface area contributed by atoms with E-state index in [1.165, 1.54) is 5.69 Å². The van der Waals surface area contributed by atoms with E-state index in [-0.39, 0.29) is 24.0 Å². The van der Waals surface area contributed by atoms with Crippen LogP contribution < -0.4 is 15.5 Å². The Balaban J connectivity index is 1.41. The molecule has 0 aliphatic carbocycles. The van der Waals surface area contributed by atoms with Gasteiger partial charge in [0.2, 0.25) is 5.91 Å². The second kappa shape index (κ2) is 7.55. The van der Waals surface area contributed by atoms with Crippen molar-refractivity contribution in [2.75, 3.05) is 31.1 Å². The number of carbonyl (C=O) groups excluding carboxylic acids is 2. The highest BCUT2D eigenvalue weighted by Gasteiger charge is 2.26. The molecule has 6 heteroatoms. The number of carbonyl (C=O) groups is 2. The molecule has 0 unspecified atom stereocenters. The number of piperidine rings is 1. The van der Waals surface area contributed by atoms with Crippen LogP contribution in [0.2, 0.25) is 0 Å². The molecule has 1 atom stereocenters. The SMILES string of the molecule is CC(=O)N1CCC(NC(=O)N[C@H]2CCN(c3ccccc3)C2)CC1. The van der Waals surface area contributed by atoms with E-state index in [0.717, 1.165) is 45.4 Å². The highest BCUT2D eigenvalue weighted by molar-refractivity contribution is 5.75. The summed E-state index contributed by atoms with van der Waals surface area (Å²) in [5.74, 6) is 0.116. The van der Waals surface area contributed by atoms with E-state index in [4.69, 9.17) is 0 Å². The minimum atomic E-state index is -0.0869. The van der Waals surface area contributed by atoms with Gasteiger partial charge < -0.3 is 20.4 Å². The van der Waals surface area contributed by atoms with Gasteiger partial charge in [0.25, 0.3) is 0 Å². The number of anilines is 1. The molecule has 2 heterocycles. The third kappa shape index (κ3) is 4.19. The highest BCUT2D eigenvalue weighted by Crippen LogP contribution is 2.19. The van der Waals surface area contributed by atoms with Crippen LogP contribution in [-0.2, 0) is 4.79 Å². The van der Waals surface area contributed by atoms with E-state index in [2.05, 4.69) is 27.7 Å². The second-order valence-corrected chi connectivity index (χ2v) is 6.67. The van der Waals surface area contributed by atoms with Gasteiger partial charge in [0.15, 0.2) is 0 Å². The monoisotopic (exact) mass is 330 g/mol. The molecule has 0 saturated carbocycles. The van der Waals surface area contributed by atoms with Crippen LogP contribution in [-0.4, -0.2) is 55.1 Å². The van der Waals surface area contributed by atoms with Crippen LogP contribution in [0.3, 0.4) is 0 Å². The summed E-state index contributed by atoms with van der Waals surface area (Å²) in [7, 11) is 0. The maximum Gasteiger partial charge on any atom is 0.315 e. The zero-order valence-electron chi connectivity index (χ0n) is 14.2. The van der Waals surface area contributed by atoms with E-state index >= 15 is 0 Å². The summed E-state index contributed by atoms with van der Waals surface area (Å²) < 4.78 is 0. The maximum absolute atomic E-state index is 12.2. The van der Waals surface area contributed by atoms with Crippen molar-refractivity contribution in [3.63, 3.8) is 0 Å². The van der Waals surface area contributed by atoms with Crippen molar-refractivity contribution >= 4 is 17.6 Å². The van der Waals surface area contributed by atoms with Crippen LogP contribution in [0.5, 0.6) is 0 Å². The third-order valence-corrected chi connectivity index (χ3v) is 4.92. The summed E-state index contributed by atoms with van der Waals surface area (Å²) >= 11 is 0. The van der Waals surface area contributed by atoms with E-state index < -0.39 is 0 Å². The molecule has 2 saturated heterocycles. The molecular formula is C18H26N4O2. The molecule has 1 aromatic carbocycles. The van der Waals surface area contributed by atoms with Gasteiger partial charge in [-0.2, -0.15) is 0 Å². The maximum atomic E-state index is 12.2. The largest absolute Gasteiger partial charge is 0.369 e. The molecule has 0 spiro atoms. The third-order valence-electron chi connectivity index (χ3n) is 4.92. The Bertz CT molecular complexity index is 570. The summed E-state index contributed by atoms with van der Waals surface area (Å²) in [4.78, 5) is 27.7. The average molecular weight is 330 g/mol. The van der Waals surface area contributed by atoms with Crippen molar-refractivity contribution in [2.45, 2.75) is 38.3 Å². The van der Waals surface area contributed by atoms with Crippen LogP contribution in [0.1, 0.15) is 26.2 Å². The molecule has 2 N–H and O–H groups in total. The number of hydrogen-bond acceptors (Lipinski definition) is 3. The Morgan fingerprint density at radius 1 is 0.958 bits per heavy atom. The Morgan fingerprint density at radius 3 is 2.25 bits per heavy atom. The lowest BCUT2D eigenvalue weighted by molar-refractivity contribution is -0.129. The number of amides is 3. The molecule has 1 aromatic rings. The minimum Gasteiger partial charge on any atom is -0.369 e. The van der Waals surface area contributed by atoms with Crippen molar-refractivity contribution in [1.82, 2.24) is 15.5 Å². The molecule has 0 radical (unpaired) electrons. The van der Waals surface area contributed by atoms with E-state index in [9.17, 15) is 9.59 Å². The Morgan fingerprint density at radius 2 is 1.58 bits per heavy atom. The molecule has 24 heavy (non-hydrogen) atoms. The minimum absolute atomic E-state index is 0.0869. The fraction of sp³-hybridized carbons (Fsp3) is 0.556. The van der Waals surface area contributed by atoms with Crippen molar-refractivity contribution < 1.29 is 9.59 Å². The molecule has 0 bridgehead atoms. The van der Waals surface area contributed by atoms with Crippen LogP contribution >= 0.6 is 0 Å². The van der Waals surface area contributed by atoms with Crippen LogP contribution in [0, 0.1) is 0 Å². The van der Waals surface area contributed by atoms with Crippen LogP contribution in [0.25, 0.3) is 0 Å². The van der Waals surface area contributed by atoms with Gasteiger partial charge in [-0.25, -0.2) is 4.79 Å². The summed E-state index contributed by atoms with van der Waals surface area (Å²) in [6.07, 6.45) is 2.62.